The van der Waals surface area contributed by atoms with E-state index in [0.717, 1.165) is 0 Å². The summed E-state index contributed by atoms with van der Waals surface area (Å²) >= 11 is 0. The number of carbonyl (C=O) groups is 4. The van der Waals surface area contributed by atoms with E-state index in [1.54, 1.807) is 0 Å². The van der Waals surface area contributed by atoms with Crippen LogP contribution in [0.15, 0.2) is 0 Å². The average Bonchev–Trinajstić information content (AvgIpc) is 2.57. The van der Waals surface area contributed by atoms with Crippen LogP contribution in [0, 0.1) is 0 Å². The van der Waals surface area contributed by atoms with Gasteiger partial charge < -0.3 is 29.8 Å². The van der Waals surface area contributed by atoms with Gasteiger partial charge in [0.25, 0.3) is 0 Å². The number of nitrogens with zero attached hydrogens (tertiary/aromatic N) is 2. The van der Waals surface area contributed by atoms with Gasteiger partial charge in [0.05, 0.1) is 41.3 Å². The Bertz CT molecular complexity index is 528. The Kier molecular flexibility index (Phi) is 12.9. The Morgan fingerprint density at radius 3 is 1.27 bits per heavy atom. The fourth-order valence-corrected chi connectivity index (χ4v) is 3.11. The molecule has 10 nitrogen and oxygen atoms in total. The van der Waals surface area contributed by atoms with E-state index in [9.17, 15) is 19.2 Å². The highest BCUT2D eigenvalue weighted by Crippen LogP contribution is 2.02. The van der Waals surface area contributed by atoms with E-state index >= 15 is 0 Å². The second-order valence-corrected chi connectivity index (χ2v) is 9.04. The summed E-state index contributed by atoms with van der Waals surface area (Å²) in [6, 6.07) is 0. The van der Waals surface area contributed by atoms with Crippen LogP contribution in [-0.4, -0.2) is 110 Å². The monoisotopic (exact) mass is 432 g/mol. The number of quaternary nitrogens is 2. The molecule has 0 rings (SSSR count). The van der Waals surface area contributed by atoms with Crippen LogP contribution in [0.3, 0.4) is 0 Å². The lowest BCUT2D eigenvalue weighted by atomic mass is 10.1. The third kappa shape index (κ3) is 16.7. The number of hydrogen-bond donors (Lipinski definition) is 4. The van der Waals surface area contributed by atoms with Crippen molar-refractivity contribution in [2.75, 3.05) is 67.5 Å². The molecule has 0 aromatic carbocycles. The van der Waals surface area contributed by atoms with Gasteiger partial charge in [0.15, 0.2) is 13.1 Å². The van der Waals surface area contributed by atoms with Crippen molar-refractivity contribution in [3.8, 4) is 0 Å². The van der Waals surface area contributed by atoms with Gasteiger partial charge in [-0.1, -0.05) is 0 Å². The number of unbranched alkanes of at least 4 members (excludes halogenated alkanes) is 1. The first-order valence-electron chi connectivity index (χ1n) is 10.4. The van der Waals surface area contributed by atoms with E-state index < -0.39 is 11.9 Å². The molecular weight excluding hydrogens is 392 g/mol. The average molecular weight is 433 g/mol. The van der Waals surface area contributed by atoms with Crippen LogP contribution in [0.4, 0.5) is 0 Å². The molecule has 0 unspecified atom stereocenters. The molecule has 0 atom stereocenters. The highest BCUT2D eigenvalue weighted by Gasteiger charge is 2.19. The molecule has 0 saturated carbocycles. The fourth-order valence-electron chi connectivity index (χ4n) is 3.11. The topological polar surface area (TPSA) is 133 Å². The Balaban J connectivity index is 3.72. The van der Waals surface area contributed by atoms with Crippen molar-refractivity contribution in [1.82, 2.24) is 10.6 Å². The summed E-state index contributed by atoms with van der Waals surface area (Å²) in [5.74, 6) is -1.79. The molecule has 0 radical (unpaired) electrons. The number of carboxylic acid groups (broad SMARTS) is 2. The van der Waals surface area contributed by atoms with Crippen LogP contribution in [0.2, 0.25) is 0 Å². The highest BCUT2D eigenvalue weighted by molar-refractivity contribution is 5.77. The van der Waals surface area contributed by atoms with Crippen molar-refractivity contribution in [3.63, 3.8) is 0 Å². The van der Waals surface area contributed by atoms with Gasteiger partial charge in [0.1, 0.15) is 0 Å². The van der Waals surface area contributed by atoms with Crippen molar-refractivity contribution in [1.29, 1.82) is 0 Å². The number of nitrogens with one attached hydrogen (secondary N) is 2. The van der Waals surface area contributed by atoms with Crippen LogP contribution in [-0.2, 0) is 19.2 Å². The smallest absolute Gasteiger partial charge is 0.359 e. The van der Waals surface area contributed by atoms with Gasteiger partial charge in [-0.15, -0.1) is 0 Å². The second kappa shape index (κ2) is 13.9. The number of carboxylic acids is 2. The summed E-state index contributed by atoms with van der Waals surface area (Å²) in [5.41, 5.74) is 0. The molecule has 0 aromatic rings. The van der Waals surface area contributed by atoms with Gasteiger partial charge in [-0.25, -0.2) is 9.59 Å². The maximum Gasteiger partial charge on any atom is 0.359 e. The Morgan fingerprint density at radius 1 is 0.633 bits per heavy atom. The predicted octanol–water partition coefficient (Wildman–Crippen LogP) is -0.119. The number of likely N-dealkylation sites (N-methyl/N-ethyl adjacent to an activating group) is 2. The first-order chi connectivity index (χ1) is 13.8. The maximum atomic E-state index is 11.8. The third-order valence-corrected chi connectivity index (χ3v) is 4.71. The second-order valence-electron chi connectivity index (χ2n) is 9.04. The van der Waals surface area contributed by atoms with Gasteiger partial charge in [-0.3, -0.25) is 9.59 Å². The largest absolute Gasteiger partial charge is 0.477 e. The zero-order valence-corrected chi connectivity index (χ0v) is 18.9. The van der Waals surface area contributed by atoms with Crippen molar-refractivity contribution in [2.45, 2.75) is 38.5 Å². The zero-order valence-electron chi connectivity index (χ0n) is 18.9. The molecule has 0 aliphatic rings. The van der Waals surface area contributed by atoms with Crippen molar-refractivity contribution >= 4 is 23.8 Å². The Hall–Kier alpha value is -2.20. The highest BCUT2D eigenvalue weighted by atomic mass is 16.4. The molecule has 0 aromatic heterocycles. The molecule has 174 valence electrons. The van der Waals surface area contributed by atoms with Crippen LogP contribution in [0.5, 0.6) is 0 Å². The molecule has 0 heterocycles. The zero-order chi connectivity index (χ0) is 23.2. The van der Waals surface area contributed by atoms with Gasteiger partial charge in [0.2, 0.25) is 11.8 Å². The van der Waals surface area contributed by atoms with Crippen molar-refractivity contribution < 1.29 is 38.4 Å². The summed E-state index contributed by atoms with van der Waals surface area (Å²) in [7, 11) is 7.38. The molecule has 10 heteroatoms. The van der Waals surface area contributed by atoms with Crippen molar-refractivity contribution in [2.24, 2.45) is 0 Å². The number of aliphatic carboxylic acids is 2. The minimum Gasteiger partial charge on any atom is -0.477 e. The molecule has 0 spiro atoms. The van der Waals surface area contributed by atoms with E-state index in [0.29, 0.717) is 73.7 Å². The summed E-state index contributed by atoms with van der Waals surface area (Å²) < 4.78 is 0.743. The summed E-state index contributed by atoms with van der Waals surface area (Å²) in [4.78, 5) is 45.2. The van der Waals surface area contributed by atoms with Gasteiger partial charge in [0, 0.05) is 38.8 Å². The lowest BCUT2D eigenvalue weighted by Gasteiger charge is -2.27. The normalized spacial score (nSPS) is 11.7. The van der Waals surface area contributed by atoms with E-state index in [2.05, 4.69) is 10.6 Å². The maximum absolute atomic E-state index is 11.8. The van der Waals surface area contributed by atoms with Gasteiger partial charge in [-0.2, -0.15) is 0 Å². The quantitative estimate of drug-likeness (QED) is 0.187. The lowest BCUT2D eigenvalue weighted by molar-refractivity contribution is -0.883. The fraction of sp³-hybridized carbons (Fsp3) is 0.800. The molecule has 0 bridgehead atoms. The minimum atomic E-state index is -0.839. The third-order valence-electron chi connectivity index (χ3n) is 4.71. The number of carbonyl (C=O) groups excluding carboxylic acids is 2. The summed E-state index contributed by atoms with van der Waals surface area (Å²) in [6.07, 6.45) is 3.39. The van der Waals surface area contributed by atoms with Gasteiger partial charge >= 0.3 is 11.9 Å². The first-order valence-corrected chi connectivity index (χ1v) is 10.4. The SMILES string of the molecule is C[N+](C)(CCCNC(=O)CCCCC(=O)NCCC[N+](C)(C)CC(=O)O)CC(=O)O. The van der Waals surface area contributed by atoms with E-state index in [4.69, 9.17) is 10.2 Å². The lowest BCUT2D eigenvalue weighted by Crippen LogP contribution is -2.45. The van der Waals surface area contributed by atoms with Crippen LogP contribution in [0.25, 0.3) is 0 Å². The minimum absolute atomic E-state index is 0.0508. The molecule has 0 aliphatic heterocycles. The molecular formula is C20H40N4O6+2. The molecule has 0 fully saturated rings. The van der Waals surface area contributed by atoms with Gasteiger partial charge in [-0.05, 0) is 12.8 Å². The predicted molar refractivity (Wildman–Crippen MR) is 113 cm³/mol. The standard InChI is InChI=1S/C20H38N4O6/c1-23(2,15-19(27)28)13-7-11-21-17(25)9-5-6-10-18(26)22-12-8-14-24(3,4)16-20(29)30/h5-16H2,1-4H3,(H2-2,21,22,25,26,27,28,29,30)/p+2. The van der Waals surface area contributed by atoms with Crippen molar-refractivity contribution in [3.05, 3.63) is 0 Å². The molecule has 0 aliphatic carbocycles. The molecule has 30 heavy (non-hydrogen) atoms. The van der Waals surface area contributed by atoms with Crippen LogP contribution in [0.1, 0.15) is 38.5 Å². The van der Waals surface area contributed by atoms with Crippen LogP contribution < -0.4 is 10.6 Å². The number of hydrogen-bond acceptors (Lipinski definition) is 4. The summed E-state index contributed by atoms with van der Waals surface area (Å²) in [6.45, 7) is 2.46. The van der Waals surface area contributed by atoms with E-state index in [1.807, 2.05) is 28.2 Å². The molecule has 0 saturated heterocycles. The van der Waals surface area contributed by atoms with E-state index in [-0.39, 0.29) is 24.9 Å². The Morgan fingerprint density at radius 2 is 0.967 bits per heavy atom. The number of amides is 2. The first kappa shape index (κ1) is 27.8. The molecule has 4 N–H and O–H groups in total. The van der Waals surface area contributed by atoms with E-state index in [1.165, 1.54) is 0 Å². The molecule has 2 amide bonds. The number of rotatable bonds is 17. The summed E-state index contributed by atoms with van der Waals surface area (Å²) in [5, 5.41) is 23.3. The van der Waals surface area contributed by atoms with Crippen LogP contribution >= 0.6 is 0 Å². The Labute approximate surface area is 179 Å².